The largest absolute Gasteiger partial charge is 0.350 e. The van der Waals surface area contributed by atoms with E-state index in [0.717, 1.165) is 48.9 Å². The van der Waals surface area contributed by atoms with Gasteiger partial charge in [-0.25, -0.2) is 4.39 Å². The maximum absolute atomic E-state index is 13.7. The molecule has 2 atom stereocenters. The Labute approximate surface area is 211 Å². The molecule has 3 aliphatic heterocycles. The molecule has 3 saturated heterocycles. The number of halogens is 1. The Balaban J connectivity index is 1.15. The zero-order valence-electron chi connectivity index (χ0n) is 20.8. The van der Waals surface area contributed by atoms with Crippen LogP contribution in [0.25, 0.3) is 10.9 Å². The van der Waals surface area contributed by atoms with Crippen LogP contribution < -0.4 is 0 Å². The molecule has 0 radical (unpaired) electrons. The highest BCUT2D eigenvalue weighted by Crippen LogP contribution is 2.35. The number of aromatic nitrogens is 1. The van der Waals surface area contributed by atoms with Gasteiger partial charge in [-0.15, -0.1) is 0 Å². The van der Waals surface area contributed by atoms with Gasteiger partial charge in [0, 0.05) is 44.2 Å². The zero-order chi connectivity index (χ0) is 24.6. The molecule has 2 aromatic carbocycles. The van der Waals surface area contributed by atoms with Crippen LogP contribution in [0, 0.1) is 17.7 Å². The number of ether oxygens (including phenoxy) is 2. The summed E-state index contributed by atoms with van der Waals surface area (Å²) in [5, 5.41) is 1.09. The molecule has 1 aromatic heterocycles. The summed E-state index contributed by atoms with van der Waals surface area (Å²) in [5.41, 5.74) is 2.97. The Morgan fingerprint density at radius 2 is 1.75 bits per heavy atom. The summed E-state index contributed by atoms with van der Waals surface area (Å²) >= 11 is 0. The number of nitrogens with zero attached hydrogens (tertiary/aromatic N) is 3. The fourth-order valence-electron chi connectivity index (χ4n) is 6.40. The fourth-order valence-corrected chi connectivity index (χ4v) is 6.40. The van der Waals surface area contributed by atoms with Crippen molar-refractivity contribution in [2.75, 3.05) is 45.9 Å². The summed E-state index contributed by atoms with van der Waals surface area (Å²) in [7, 11) is 1.99. The Kier molecular flexibility index (Phi) is 6.54. The highest BCUT2D eigenvalue weighted by molar-refractivity contribution is 6.06. The van der Waals surface area contributed by atoms with E-state index in [4.69, 9.17) is 9.47 Å². The first kappa shape index (κ1) is 23.6. The van der Waals surface area contributed by atoms with E-state index < -0.39 is 0 Å². The molecular formula is C29H34FN3O3. The molecule has 3 aliphatic rings. The van der Waals surface area contributed by atoms with Gasteiger partial charge in [0.2, 0.25) is 0 Å². The lowest BCUT2D eigenvalue weighted by atomic mass is 9.88. The van der Waals surface area contributed by atoms with Crippen LogP contribution in [0.3, 0.4) is 0 Å². The lowest BCUT2D eigenvalue weighted by molar-refractivity contribution is -0.0924. The Morgan fingerprint density at radius 1 is 1.00 bits per heavy atom. The Morgan fingerprint density at radius 3 is 2.50 bits per heavy atom. The van der Waals surface area contributed by atoms with Crippen LogP contribution in [-0.2, 0) is 16.5 Å². The number of hydrogen-bond acceptors (Lipinski definition) is 4. The Bertz CT molecular complexity index is 1210. The minimum atomic E-state index is -0.240. The van der Waals surface area contributed by atoms with Gasteiger partial charge in [0.05, 0.1) is 24.3 Å². The highest BCUT2D eigenvalue weighted by Gasteiger charge is 2.43. The molecular weight excluding hydrogens is 457 g/mol. The standard InChI is InChI=1S/C29H34FN3O3/c1-31-12-9-22-3-2-4-25(27(22)31)28(34)33-18-23(26(19-33)29-35-15-16-36-29)17-32-13-10-21(11-14-32)20-5-7-24(30)8-6-20/h2-9,12,21,23,26,29H,10-11,13-19H2,1H3/t23-,26?/m1/s1. The molecule has 0 bridgehead atoms. The van der Waals surface area contributed by atoms with Crippen molar-refractivity contribution in [2.45, 2.75) is 25.0 Å². The Hall–Kier alpha value is -2.74. The first-order valence-corrected chi connectivity index (χ1v) is 13.1. The van der Waals surface area contributed by atoms with Crippen LogP contribution in [-0.4, -0.2) is 72.5 Å². The van der Waals surface area contributed by atoms with E-state index in [-0.39, 0.29) is 23.9 Å². The van der Waals surface area contributed by atoms with Gasteiger partial charge >= 0.3 is 0 Å². The maximum Gasteiger partial charge on any atom is 0.256 e. The van der Waals surface area contributed by atoms with E-state index >= 15 is 0 Å². The minimum Gasteiger partial charge on any atom is -0.350 e. The van der Waals surface area contributed by atoms with E-state index in [0.29, 0.717) is 38.1 Å². The molecule has 7 heteroatoms. The number of likely N-dealkylation sites (tertiary alicyclic amines) is 2. The molecule has 6 rings (SSSR count). The average Bonchev–Trinajstić information content (AvgIpc) is 3.65. The van der Waals surface area contributed by atoms with Crippen LogP contribution in [0.5, 0.6) is 0 Å². The monoisotopic (exact) mass is 491 g/mol. The summed E-state index contributed by atoms with van der Waals surface area (Å²) in [6.07, 6.45) is 3.90. The van der Waals surface area contributed by atoms with E-state index in [1.165, 1.54) is 5.56 Å². The van der Waals surface area contributed by atoms with Crippen LogP contribution in [0.4, 0.5) is 4.39 Å². The predicted octanol–water partition coefficient (Wildman–Crippen LogP) is 4.26. The number of para-hydroxylation sites is 1. The van der Waals surface area contributed by atoms with Gasteiger partial charge in [-0.1, -0.05) is 24.3 Å². The van der Waals surface area contributed by atoms with E-state index in [9.17, 15) is 9.18 Å². The number of amides is 1. The second-order valence-electron chi connectivity index (χ2n) is 10.5. The molecule has 0 aliphatic carbocycles. The summed E-state index contributed by atoms with van der Waals surface area (Å²) in [6.45, 7) is 5.55. The molecule has 1 unspecified atom stereocenters. The normalized spacial score (nSPS) is 24.2. The average molecular weight is 492 g/mol. The topological polar surface area (TPSA) is 46.9 Å². The fraction of sp³-hybridized carbons (Fsp3) is 0.483. The van der Waals surface area contributed by atoms with Crippen molar-refractivity contribution in [2.24, 2.45) is 18.9 Å². The molecule has 4 heterocycles. The number of hydrogen-bond donors (Lipinski definition) is 0. The second kappa shape index (κ2) is 9.96. The summed E-state index contributed by atoms with van der Waals surface area (Å²) in [4.78, 5) is 18.3. The number of carbonyl (C=O) groups excluding carboxylic acids is 1. The molecule has 3 aromatic rings. The molecule has 0 spiro atoms. The van der Waals surface area contributed by atoms with Crippen molar-refractivity contribution in [1.29, 1.82) is 0 Å². The van der Waals surface area contributed by atoms with Crippen molar-refractivity contribution < 1.29 is 18.7 Å². The lowest BCUT2D eigenvalue weighted by Crippen LogP contribution is -2.40. The number of rotatable bonds is 5. The van der Waals surface area contributed by atoms with Gasteiger partial charge in [0.15, 0.2) is 6.29 Å². The van der Waals surface area contributed by atoms with E-state index in [1.807, 2.05) is 47.0 Å². The third kappa shape index (κ3) is 4.56. The van der Waals surface area contributed by atoms with Gasteiger partial charge in [-0.2, -0.15) is 0 Å². The summed E-state index contributed by atoms with van der Waals surface area (Å²) < 4.78 is 27.2. The van der Waals surface area contributed by atoms with Gasteiger partial charge in [0.25, 0.3) is 5.91 Å². The van der Waals surface area contributed by atoms with Gasteiger partial charge in [-0.05, 0) is 67.6 Å². The molecule has 36 heavy (non-hydrogen) atoms. The zero-order valence-corrected chi connectivity index (χ0v) is 20.8. The number of benzene rings is 2. The number of piperidine rings is 1. The van der Waals surface area contributed by atoms with Crippen molar-refractivity contribution in [3.63, 3.8) is 0 Å². The smallest absolute Gasteiger partial charge is 0.256 e. The quantitative estimate of drug-likeness (QED) is 0.535. The van der Waals surface area contributed by atoms with Gasteiger partial charge in [0.1, 0.15) is 5.82 Å². The predicted molar refractivity (Wildman–Crippen MR) is 136 cm³/mol. The highest BCUT2D eigenvalue weighted by atomic mass is 19.1. The third-order valence-electron chi connectivity index (χ3n) is 8.33. The van der Waals surface area contributed by atoms with Crippen LogP contribution in [0.2, 0.25) is 0 Å². The lowest BCUT2D eigenvalue weighted by Gasteiger charge is -2.35. The van der Waals surface area contributed by atoms with Crippen molar-refractivity contribution in [1.82, 2.24) is 14.4 Å². The van der Waals surface area contributed by atoms with Crippen molar-refractivity contribution in [3.8, 4) is 0 Å². The third-order valence-corrected chi connectivity index (χ3v) is 8.33. The number of carbonyl (C=O) groups is 1. The van der Waals surface area contributed by atoms with Crippen LogP contribution in [0.15, 0.2) is 54.7 Å². The van der Waals surface area contributed by atoms with Crippen LogP contribution in [0.1, 0.15) is 34.7 Å². The molecule has 190 valence electrons. The second-order valence-corrected chi connectivity index (χ2v) is 10.5. The maximum atomic E-state index is 13.7. The molecule has 6 nitrogen and oxygen atoms in total. The molecule has 0 N–H and O–H groups in total. The van der Waals surface area contributed by atoms with Gasteiger partial charge < -0.3 is 23.8 Å². The molecule has 0 saturated carbocycles. The van der Waals surface area contributed by atoms with E-state index in [1.54, 1.807) is 12.1 Å². The first-order valence-electron chi connectivity index (χ1n) is 13.1. The molecule has 1 amide bonds. The SMILES string of the molecule is Cn1ccc2cccc(C(=O)N3CC(C4OCCO4)[C@H](CN4CCC(c5ccc(F)cc5)CC4)C3)c21. The van der Waals surface area contributed by atoms with Crippen molar-refractivity contribution in [3.05, 3.63) is 71.7 Å². The first-order chi connectivity index (χ1) is 17.6. The molecule has 3 fully saturated rings. The minimum absolute atomic E-state index is 0.0860. The summed E-state index contributed by atoms with van der Waals surface area (Å²) in [6, 6.07) is 15.0. The van der Waals surface area contributed by atoms with Crippen LogP contribution >= 0.6 is 0 Å². The van der Waals surface area contributed by atoms with Crippen molar-refractivity contribution >= 4 is 16.8 Å². The number of fused-ring (bicyclic) bond motifs is 1. The van der Waals surface area contributed by atoms with E-state index in [2.05, 4.69) is 17.0 Å². The summed E-state index contributed by atoms with van der Waals surface area (Å²) in [5.74, 6) is 0.850. The van der Waals surface area contributed by atoms with Gasteiger partial charge in [-0.3, -0.25) is 4.79 Å². The number of aryl methyl sites for hydroxylation is 1.